The van der Waals surface area contributed by atoms with Crippen molar-refractivity contribution in [1.82, 2.24) is 19.8 Å². The van der Waals surface area contributed by atoms with E-state index in [0.717, 1.165) is 28.3 Å². The van der Waals surface area contributed by atoms with Crippen molar-refractivity contribution in [3.8, 4) is 0 Å². The zero-order valence-electron chi connectivity index (χ0n) is 8.29. The molecule has 2 heterocycles. The Labute approximate surface area is 76.6 Å². The zero-order chi connectivity index (χ0) is 9.59. The van der Waals surface area contributed by atoms with E-state index in [-0.39, 0.29) is 0 Å². The van der Waals surface area contributed by atoms with Crippen molar-refractivity contribution in [2.24, 2.45) is 0 Å². The molecule has 0 radical (unpaired) electrons. The fraction of sp³-hybridized carbons (Fsp3) is 0.444. The van der Waals surface area contributed by atoms with Crippen LogP contribution in [-0.2, 0) is 0 Å². The summed E-state index contributed by atoms with van der Waals surface area (Å²) >= 11 is 0. The first-order valence-electron chi connectivity index (χ1n) is 4.27. The third-order valence-electron chi connectivity index (χ3n) is 2.46. The number of aryl methyl sites for hydroxylation is 4. The van der Waals surface area contributed by atoms with Crippen molar-refractivity contribution in [3.05, 3.63) is 22.6 Å². The van der Waals surface area contributed by atoms with Gasteiger partial charge >= 0.3 is 0 Å². The Morgan fingerprint density at radius 3 is 2.31 bits per heavy atom. The van der Waals surface area contributed by atoms with Crippen molar-refractivity contribution >= 4 is 5.65 Å². The van der Waals surface area contributed by atoms with Gasteiger partial charge in [0, 0.05) is 5.56 Å². The first kappa shape index (κ1) is 8.16. The molecule has 0 fully saturated rings. The molecule has 4 heteroatoms. The lowest BCUT2D eigenvalue weighted by molar-refractivity contribution is 0.815. The number of hydrogen-bond acceptors (Lipinski definition) is 3. The van der Waals surface area contributed by atoms with Crippen molar-refractivity contribution in [3.63, 3.8) is 0 Å². The van der Waals surface area contributed by atoms with E-state index in [1.54, 1.807) is 0 Å². The van der Waals surface area contributed by atoms with Gasteiger partial charge in [-0.15, -0.1) is 5.10 Å². The van der Waals surface area contributed by atoms with Gasteiger partial charge in [-0.2, -0.15) is 10.2 Å². The zero-order valence-corrected chi connectivity index (χ0v) is 8.29. The van der Waals surface area contributed by atoms with E-state index in [2.05, 4.69) is 15.3 Å². The summed E-state index contributed by atoms with van der Waals surface area (Å²) in [5, 5.41) is 12.6. The molecule has 0 aliphatic rings. The summed E-state index contributed by atoms with van der Waals surface area (Å²) in [6.45, 7) is 7.94. The third kappa shape index (κ3) is 1.02. The monoisotopic (exact) mass is 176 g/mol. The van der Waals surface area contributed by atoms with Crippen LogP contribution in [-0.4, -0.2) is 19.8 Å². The molecule has 0 saturated carbocycles. The van der Waals surface area contributed by atoms with Crippen LogP contribution in [0, 0.1) is 27.7 Å². The number of fused-ring (bicyclic) bond motifs is 1. The number of rotatable bonds is 0. The summed E-state index contributed by atoms with van der Waals surface area (Å²) in [7, 11) is 0. The standard InChI is InChI=1S/C9H12N4/c1-5-6(2)12-13-8(4)7(3)10-11-9(5)13/h1-4H3. The van der Waals surface area contributed by atoms with E-state index in [1.165, 1.54) is 0 Å². The Morgan fingerprint density at radius 1 is 0.923 bits per heavy atom. The highest BCUT2D eigenvalue weighted by Crippen LogP contribution is 2.13. The maximum absolute atomic E-state index is 4.39. The van der Waals surface area contributed by atoms with Gasteiger partial charge in [0.2, 0.25) is 0 Å². The van der Waals surface area contributed by atoms with Gasteiger partial charge in [-0.25, -0.2) is 4.52 Å². The fourth-order valence-corrected chi connectivity index (χ4v) is 1.29. The summed E-state index contributed by atoms with van der Waals surface area (Å²) in [6, 6.07) is 0. The van der Waals surface area contributed by atoms with Crippen LogP contribution in [0.15, 0.2) is 0 Å². The normalized spacial score (nSPS) is 11.1. The molecule has 2 aromatic rings. The third-order valence-corrected chi connectivity index (χ3v) is 2.46. The van der Waals surface area contributed by atoms with Gasteiger partial charge in [0.05, 0.1) is 17.1 Å². The van der Waals surface area contributed by atoms with Crippen molar-refractivity contribution in [2.75, 3.05) is 0 Å². The molecule has 2 aromatic heterocycles. The molecule has 4 nitrogen and oxygen atoms in total. The van der Waals surface area contributed by atoms with Gasteiger partial charge in [-0.05, 0) is 27.7 Å². The van der Waals surface area contributed by atoms with E-state index in [0.29, 0.717) is 0 Å². The number of nitrogens with zero attached hydrogens (tertiary/aromatic N) is 4. The predicted molar refractivity (Wildman–Crippen MR) is 49.7 cm³/mol. The molecule has 68 valence electrons. The lowest BCUT2D eigenvalue weighted by Crippen LogP contribution is -2.01. The molecule has 13 heavy (non-hydrogen) atoms. The van der Waals surface area contributed by atoms with Crippen LogP contribution in [0.3, 0.4) is 0 Å². The Kier molecular flexibility index (Phi) is 1.58. The smallest absolute Gasteiger partial charge is 0.180 e. The van der Waals surface area contributed by atoms with E-state index >= 15 is 0 Å². The van der Waals surface area contributed by atoms with Crippen molar-refractivity contribution in [1.29, 1.82) is 0 Å². The minimum absolute atomic E-state index is 0.862. The van der Waals surface area contributed by atoms with Crippen LogP contribution in [0.4, 0.5) is 0 Å². The molecule has 0 unspecified atom stereocenters. The molecule has 0 aliphatic heterocycles. The van der Waals surface area contributed by atoms with Crippen LogP contribution in [0.5, 0.6) is 0 Å². The predicted octanol–water partition coefficient (Wildman–Crippen LogP) is 1.36. The second-order valence-corrected chi connectivity index (χ2v) is 3.32. The summed E-state index contributed by atoms with van der Waals surface area (Å²) < 4.78 is 1.85. The van der Waals surface area contributed by atoms with Gasteiger partial charge in [-0.1, -0.05) is 0 Å². The van der Waals surface area contributed by atoms with Crippen LogP contribution < -0.4 is 0 Å². The highest BCUT2D eigenvalue weighted by Gasteiger charge is 2.09. The molecule has 0 spiro atoms. The van der Waals surface area contributed by atoms with Crippen LogP contribution >= 0.6 is 0 Å². The Hall–Kier alpha value is -1.45. The molecule has 0 atom stereocenters. The summed E-state index contributed by atoms with van der Waals surface area (Å²) in [6.07, 6.45) is 0. The van der Waals surface area contributed by atoms with Gasteiger partial charge in [0.15, 0.2) is 5.65 Å². The lowest BCUT2D eigenvalue weighted by atomic mass is 10.3. The average molecular weight is 176 g/mol. The Morgan fingerprint density at radius 2 is 1.62 bits per heavy atom. The van der Waals surface area contributed by atoms with Gasteiger partial charge in [0.25, 0.3) is 0 Å². The molecule has 0 aromatic carbocycles. The maximum Gasteiger partial charge on any atom is 0.180 e. The maximum atomic E-state index is 4.39. The van der Waals surface area contributed by atoms with Crippen LogP contribution in [0.2, 0.25) is 0 Å². The fourth-order valence-electron chi connectivity index (χ4n) is 1.29. The molecule has 0 aliphatic carbocycles. The van der Waals surface area contributed by atoms with Gasteiger partial charge < -0.3 is 0 Å². The van der Waals surface area contributed by atoms with Gasteiger partial charge in [-0.3, -0.25) is 0 Å². The van der Waals surface area contributed by atoms with Gasteiger partial charge in [0.1, 0.15) is 0 Å². The van der Waals surface area contributed by atoms with E-state index in [9.17, 15) is 0 Å². The van der Waals surface area contributed by atoms with Crippen molar-refractivity contribution < 1.29 is 0 Å². The van der Waals surface area contributed by atoms with E-state index < -0.39 is 0 Å². The molecule has 0 bridgehead atoms. The molecule has 2 rings (SSSR count). The first-order valence-corrected chi connectivity index (χ1v) is 4.27. The summed E-state index contributed by atoms with van der Waals surface area (Å²) in [5.41, 5.74) is 4.97. The van der Waals surface area contributed by atoms with E-state index in [1.807, 2.05) is 32.2 Å². The number of aromatic nitrogens is 4. The SMILES string of the molecule is Cc1nn2c(C)c(C)nnc2c1C. The largest absolute Gasteiger partial charge is 0.216 e. The number of hydrogen-bond donors (Lipinski definition) is 0. The summed E-state index contributed by atoms with van der Waals surface area (Å²) in [5.74, 6) is 0. The highest BCUT2D eigenvalue weighted by atomic mass is 15.3. The molecule has 0 amide bonds. The molecule has 0 N–H and O–H groups in total. The minimum atomic E-state index is 0.862. The Balaban J connectivity index is 2.94. The second kappa shape index (κ2) is 2.52. The minimum Gasteiger partial charge on any atom is -0.216 e. The lowest BCUT2D eigenvalue weighted by Gasteiger charge is -1.99. The summed E-state index contributed by atoms with van der Waals surface area (Å²) in [4.78, 5) is 0. The molecular weight excluding hydrogens is 164 g/mol. The van der Waals surface area contributed by atoms with Crippen LogP contribution in [0.1, 0.15) is 22.6 Å². The van der Waals surface area contributed by atoms with Crippen LogP contribution in [0.25, 0.3) is 5.65 Å². The molecular formula is C9H12N4. The average Bonchev–Trinajstić information content (AvgIpc) is 2.38. The first-order chi connectivity index (χ1) is 6.11. The molecule has 0 saturated heterocycles. The second-order valence-electron chi connectivity index (χ2n) is 3.32. The highest BCUT2D eigenvalue weighted by molar-refractivity contribution is 5.48. The van der Waals surface area contributed by atoms with Crippen molar-refractivity contribution in [2.45, 2.75) is 27.7 Å². The van der Waals surface area contributed by atoms with E-state index in [4.69, 9.17) is 0 Å². The quantitative estimate of drug-likeness (QED) is 0.608. The Bertz CT molecular complexity index is 470. The topological polar surface area (TPSA) is 43.1 Å².